The predicted molar refractivity (Wildman–Crippen MR) is 83.6 cm³/mol. The average Bonchev–Trinajstić information content (AvgIpc) is 3.15. The zero-order chi connectivity index (χ0) is 15.7. The van der Waals surface area contributed by atoms with E-state index in [2.05, 4.69) is 40.7 Å². The number of hydrogen-bond acceptors (Lipinski definition) is 6. The maximum Gasteiger partial charge on any atom is 0.243 e. The van der Waals surface area contributed by atoms with E-state index in [1.54, 1.807) is 0 Å². The molecule has 0 bridgehead atoms. The van der Waals surface area contributed by atoms with Crippen molar-refractivity contribution in [1.82, 2.24) is 19.9 Å². The monoisotopic (exact) mass is 308 g/mol. The van der Waals surface area contributed by atoms with Gasteiger partial charge in [0.05, 0.1) is 12.1 Å². The van der Waals surface area contributed by atoms with Crippen LogP contribution in [0.4, 0.5) is 0 Å². The summed E-state index contributed by atoms with van der Waals surface area (Å²) in [6.07, 6.45) is 3.12. The molecule has 0 radical (unpaired) electrons. The Hall–Kier alpha value is -0.980. The molecule has 1 aromatic rings. The third-order valence-electron chi connectivity index (χ3n) is 5.14. The van der Waals surface area contributed by atoms with E-state index < -0.39 is 0 Å². The van der Waals surface area contributed by atoms with Gasteiger partial charge in [0.1, 0.15) is 0 Å². The molecule has 0 amide bonds. The van der Waals surface area contributed by atoms with E-state index in [1.807, 2.05) is 0 Å². The molecule has 3 atom stereocenters. The average molecular weight is 308 g/mol. The molecule has 6 heteroatoms. The molecule has 3 rings (SSSR count). The Morgan fingerprint density at radius 1 is 1.14 bits per heavy atom. The molecule has 2 aliphatic rings. The summed E-state index contributed by atoms with van der Waals surface area (Å²) in [5.41, 5.74) is 0. The van der Waals surface area contributed by atoms with Crippen molar-refractivity contribution in [1.29, 1.82) is 0 Å². The van der Waals surface area contributed by atoms with Crippen LogP contribution < -0.4 is 0 Å². The van der Waals surface area contributed by atoms with Crippen molar-refractivity contribution in [3.05, 3.63) is 11.7 Å². The normalized spacial score (nSPS) is 29.3. The first-order valence-electron chi connectivity index (χ1n) is 8.56. The number of piperazine rings is 1. The molecule has 22 heavy (non-hydrogen) atoms. The minimum atomic E-state index is -0.131. The highest BCUT2D eigenvalue weighted by Gasteiger charge is 2.34. The third kappa shape index (κ3) is 3.19. The van der Waals surface area contributed by atoms with Crippen molar-refractivity contribution in [3.63, 3.8) is 0 Å². The van der Waals surface area contributed by atoms with Gasteiger partial charge in [0.15, 0.2) is 5.82 Å². The largest absolute Gasteiger partial charge is 0.391 e. The van der Waals surface area contributed by atoms with Crippen LogP contribution in [0.5, 0.6) is 0 Å². The van der Waals surface area contributed by atoms with Crippen LogP contribution in [0.15, 0.2) is 4.52 Å². The molecule has 0 spiro atoms. The molecule has 2 fully saturated rings. The quantitative estimate of drug-likeness (QED) is 0.915. The van der Waals surface area contributed by atoms with Gasteiger partial charge in [-0.15, -0.1) is 0 Å². The summed E-state index contributed by atoms with van der Waals surface area (Å²) in [5, 5.41) is 14.1. The maximum atomic E-state index is 10.1. The second-order valence-corrected chi connectivity index (χ2v) is 6.96. The van der Waals surface area contributed by atoms with Crippen molar-refractivity contribution in [2.45, 2.75) is 64.1 Å². The van der Waals surface area contributed by atoms with E-state index in [0.29, 0.717) is 12.0 Å². The van der Waals surface area contributed by atoms with E-state index in [-0.39, 0.29) is 12.1 Å². The molecule has 1 saturated heterocycles. The number of hydrogen-bond donors (Lipinski definition) is 1. The summed E-state index contributed by atoms with van der Waals surface area (Å²) in [7, 11) is 0. The van der Waals surface area contributed by atoms with Gasteiger partial charge in [-0.3, -0.25) is 9.80 Å². The molecular weight excluding hydrogens is 280 g/mol. The Labute approximate surface area is 132 Å². The first kappa shape index (κ1) is 15.9. The Bertz CT molecular complexity index is 482. The van der Waals surface area contributed by atoms with Crippen LogP contribution >= 0.6 is 0 Å². The Kier molecular flexibility index (Phi) is 4.80. The molecule has 1 N–H and O–H groups in total. The highest BCUT2D eigenvalue weighted by molar-refractivity contribution is 4.97. The first-order chi connectivity index (χ1) is 10.6. The van der Waals surface area contributed by atoms with E-state index in [4.69, 9.17) is 4.52 Å². The summed E-state index contributed by atoms with van der Waals surface area (Å²) in [6.45, 7) is 10.3. The summed E-state index contributed by atoms with van der Waals surface area (Å²) in [5.74, 6) is 1.80. The summed E-state index contributed by atoms with van der Waals surface area (Å²) in [4.78, 5) is 9.37. The molecule has 1 aromatic heterocycles. The molecule has 0 aromatic carbocycles. The second kappa shape index (κ2) is 6.64. The molecule has 1 saturated carbocycles. The topological polar surface area (TPSA) is 65.6 Å². The number of rotatable bonds is 4. The van der Waals surface area contributed by atoms with Crippen molar-refractivity contribution in [2.75, 3.05) is 26.2 Å². The van der Waals surface area contributed by atoms with E-state index in [1.165, 1.54) is 0 Å². The number of nitrogens with zero attached hydrogens (tertiary/aromatic N) is 4. The maximum absolute atomic E-state index is 10.1. The Morgan fingerprint density at radius 2 is 1.86 bits per heavy atom. The van der Waals surface area contributed by atoms with Gasteiger partial charge >= 0.3 is 0 Å². The number of aromatic nitrogens is 2. The summed E-state index contributed by atoms with van der Waals surface area (Å²) >= 11 is 0. The standard InChI is InChI=1S/C16H28N4O2/c1-11(2)15-17-16(22-18-15)12(3)19-7-9-20(10-8-19)13-5-4-6-14(13)21/h11-14,21H,4-10H2,1-3H3/t12-,13+,14+/m0/s1. The minimum absolute atomic E-state index is 0.131. The van der Waals surface area contributed by atoms with Crippen LogP contribution in [-0.2, 0) is 0 Å². The van der Waals surface area contributed by atoms with Gasteiger partial charge in [0.2, 0.25) is 5.89 Å². The number of aliphatic hydroxyl groups is 1. The highest BCUT2D eigenvalue weighted by Crippen LogP contribution is 2.27. The van der Waals surface area contributed by atoms with Gasteiger partial charge in [0.25, 0.3) is 0 Å². The fraction of sp³-hybridized carbons (Fsp3) is 0.875. The van der Waals surface area contributed by atoms with Gasteiger partial charge < -0.3 is 9.63 Å². The van der Waals surface area contributed by atoms with Gasteiger partial charge in [-0.2, -0.15) is 4.98 Å². The Morgan fingerprint density at radius 3 is 2.41 bits per heavy atom. The van der Waals surface area contributed by atoms with Crippen LogP contribution in [0.2, 0.25) is 0 Å². The summed E-state index contributed by atoms with van der Waals surface area (Å²) in [6, 6.07) is 0.532. The zero-order valence-electron chi connectivity index (χ0n) is 13.9. The predicted octanol–water partition coefficient (Wildman–Crippen LogP) is 1.78. The molecule has 1 aliphatic carbocycles. The SMILES string of the molecule is CC(C)c1noc([C@H](C)N2CCN([C@@H]3CCC[C@H]3O)CC2)n1. The van der Waals surface area contributed by atoms with Gasteiger partial charge in [-0.1, -0.05) is 19.0 Å². The lowest BCUT2D eigenvalue weighted by atomic mass is 10.1. The van der Waals surface area contributed by atoms with E-state index in [9.17, 15) is 5.11 Å². The third-order valence-corrected chi connectivity index (χ3v) is 5.14. The van der Waals surface area contributed by atoms with Gasteiger partial charge in [0, 0.05) is 38.1 Å². The van der Waals surface area contributed by atoms with E-state index in [0.717, 1.165) is 57.2 Å². The van der Waals surface area contributed by atoms with Crippen molar-refractivity contribution < 1.29 is 9.63 Å². The van der Waals surface area contributed by atoms with Crippen LogP contribution in [0.3, 0.4) is 0 Å². The lowest BCUT2D eigenvalue weighted by Gasteiger charge is -2.40. The lowest BCUT2D eigenvalue weighted by molar-refractivity contribution is 0.0213. The van der Waals surface area contributed by atoms with Gasteiger partial charge in [-0.05, 0) is 26.2 Å². The fourth-order valence-corrected chi connectivity index (χ4v) is 3.61. The van der Waals surface area contributed by atoms with Crippen LogP contribution in [0.1, 0.15) is 63.7 Å². The second-order valence-electron chi connectivity index (χ2n) is 6.96. The fourth-order valence-electron chi connectivity index (χ4n) is 3.61. The minimum Gasteiger partial charge on any atom is -0.391 e. The van der Waals surface area contributed by atoms with Crippen molar-refractivity contribution >= 4 is 0 Å². The number of aliphatic hydroxyl groups excluding tert-OH is 1. The smallest absolute Gasteiger partial charge is 0.243 e. The van der Waals surface area contributed by atoms with Crippen LogP contribution in [0, 0.1) is 0 Å². The lowest BCUT2D eigenvalue weighted by Crippen LogP contribution is -2.52. The van der Waals surface area contributed by atoms with Crippen LogP contribution in [-0.4, -0.2) is 63.4 Å². The first-order valence-corrected chi connectivity index (χ1v) is 8.56. The van der Waals surface area contributed by atoms with Crippen molar-refractivity contribution in [2.24, 2.45) is 0 Å². The summed E-state index contributed by atoms with van der Waals surface area (Å²) < 4.78 is 5.43. The van der Waals surface area contributed by atoms with Crippen LogP contribution in [0.25, 0.3) is 0 Å². The molecule has 0 unspecified atom stereocenters. The molecule has 6 nitrogen and oxygen atoms in total. The molecule has 2 heterocycles. The highest BCUT2D eigenvalue weighted by atomic mass is 16.5. The molecular formula is C16H28N4O2. The van der Waals surface area contributed by atoms with Gasteiger partial charge in [-0.25, -0.2) is 0 Å². The molecule has 1 aliphatic heterocycles. The van der Waals surface area contributed by atoms with Crippen molar-refractivity contribution in [3.8, 4) is 0 Å². The molecule has 124 valence electrons. The van der Waals surface area contributed by atoms with E-state index >= 15 is 0 Å². The zero-order valence-corrected chi connectivity index (χ0v) is 13.9. The Balaban J connectivity index is 1.56.